The lowest BCUT2D eigenvalue weighted by molar-refractivity contribution is -0.159. The summed E-state index contributed by atoms with van der Waals surface area (Å²) >= 11 is 7.31. The van der Waals surface area contributed by atoms with Crippen LogP contribution in [0.4, 0.5) is 5.69 Å². The number of likely N-dealkylation sites (tertiary alicyclic amines) is 1. The number of nitrogens with zero attached hydrogens (tertiary/aromatic N) is 1. The van der Waals surface area contributed by atoms with Crippen molar-refractivity contribution in [3.05, 3.63) is 29.3 Å². The molecule has 9 heteroatoms. The summed E-state index contributed by atoms with van der Waals surface area (Å²) in [7, 11) is 0. The van der Waals surface area contributed by atoms with Crippen molar-refractivity contribution in [3.63, 3.8) is 0 Å². The Balaban J connectivity index is 1.39. The van der Waals surface area contributed by atoms with Gasteiger partial charge < -0.3 is 10.1 Å². The molecule has 2 aliphatic carbocycles. The molecule has 1 aliphatic heterocycles. The first kappa shape index (κ1) is 24.4. The summed E-state index contributed by atoms with van der Waals surface area (Å²) in [5.74, 6) is -2.46. The van der Waals surface area contributed by atoms with Gasteiger partial charge in [0.25, 0.3) is 5.91 Å². The summed E-state index contributed by atoms with van der Waals surface area (Å²) in [6.07, 6.45) is 2.34. The minimum Gasteiger partial charge on any atom is -0.454 e. The number of imide groups is 1. The summed E-state index contributed by atoms with van der Waals surface area (Å²) in [6.45, 7) is 5.02. The average Bonchev–Trinajstić information content (AvgIpc) is 3.41. The van der Waals surface area contributed by atoms with Crippen LogP contribution in [0.15, 0.2) is 18.2 Å². The first-order chi connectivity index (χ1) is 15.7. The number of anilines is 1. The zero-order valence-corrected chi connectivity index (χ0v) is 22.0. The van der Waals surface area contributed by atoms with Crippen LogP contribution in [0.5, 0.6) is 0 Å². The van der Waals surface area contributed by atoms with Crippen molar-refractivity contribution in [1.82, 2.24) is 4.90 Å². The molecule has 4 rings (SSSR count). The molecule has 1 aromatic carbocycles. The quantitative estimate of drug-likeness (QED) is 0.301. The highest BCUT2D eigenvalue weighted by molar-refractivity contribution is 9.12. The molecule has 178 valence electrons. The second kappa shape index (κ2) is 9.49. The van der Waals surface area contributed by atoms with Crippen LogP contribution in [0.1, 0.15) is 38.3 Å². The molecule has 1 heterocycles. The number of ether oxygens (including phenoxy) is 1. The minimum atomic E-state index is -1.07. The fourth-order valence-corrected chi connectivity index (χ4v) is 7.57. The number of halogens is 2. The number of alkyl halides is 2. The third-order valence-electron chi connectivity index (χ3n) is 7.36. The lowest BCUT2D eigenvalue weighted by atomic mass is 9.81. The number of carbonyl (C=O) groups is 4. The molecule has 0 aromatic heterocycles. The SMILES string of the molecule is CCc1cccc(CC)c1NC(=O)COC(=O)[C@H](C)N1C(=O)[C@@H]2[C@H]3C[C@@H]([C@@H](Br)[C@H]3Br)[C@H]2C1=O. The van der Waals surface area contributed by atoms with Gasteiger partial charge in [0.05, 0.1) is 11.8 Å². The zero-order chi connectivity index (χ0) is 24.0. The van der Waals surface area contributed by atoms with Crippen molar-refractivity contribution < 1.29 is 23.9 Å². The van der Waals surface area contributed by atoms with Crippen LogP contribution < -0.4 is 5.32 Å². The molecule has 7 nitrogen and oxygen atoms in total. The van der Waals surface area contributed by atoms with Gasteiger partial charge in [-0.2, -0.15) is 0 Å². The van der Waals surface area contributed by atoms with Gasteiger partial charge >= 0.3 is 5.97 Å². The number of amides is 3. The normalized spacial score (nSPS) is 31.0. The van der Waals surface area contributed by atoms with E-state index in [1.165, 1.54) is 6.92 Å². The third kappa shape index (κ3) is 4.05. The van der Waals surface area contributed by atoms with Crippen LogP contribution in [0, 0.1) is 23.7 Å². The van der Waals surface area contributed by atoms with E-state index in [0.717, 1.165) is 41.0 Å². The Morgan fingerprint density at radius 1 is 1.06 bits per heavy atom. The van der Waals surface area contributed by atoms with Crippen LogP contribution in [-0.4, -0.2) is 50.9 Å². The predicted octanol–water partition coefficient (Wildman–Crippen LogP) is 3.46. The van der Waals surface area contributed by atoms with Crippen molar-refractivity contribution >= 4 is 61.2 Å². The molecule has 1 saturated heterocycles. The molecule has 3 amide bonds. The van der Waals surface area contributed by atoms with Gasteiger partial charge in [-0.05, 0) is 49.1 Å². The van der Waals surface area contributed by atoms with E-state index in [-0.39, 0.29) is 33.3 Å². The van der Waals surface area contributed by atoms with Gasteiger partial charge in [0.15, 0.2) is 6.61 Å². The maximum Gasteiger partial charge on any atom is 0.329 e. The summed E-state index contributed by atoms with van der Waals surface area (Å²) in [5, 5.41) is 2.85. The molecule has 1 N–H and O–H groups in total. The van der Waals surface area contributed by atoms with E-state index >= 15 is 0 Å². The smallest absolute Gasteiger partial charge is 0.329 e. The number of benzene rings is 1. The van der Waals surface area contributed by atoms with E-state index in [1.54, 1.807) is 0 Å². The Kier molecular flexibility index (Phi) is 7.01. The summed E-state index contributed by atoms with van der Waals surface area (Å²) in [4.78, 5) is 52.7. The second-order valence-corrected chi connectivity index (χ2v) is 11.2. The van der Waals surface area contributed by atoms with Gasteiger partial charge in [-0.1, -0.05) is 63.9 Å². The Morgan fingerprint density at radius 2 is 1.58 bits per heavy atom. The number of nitrogens with one attached hydrogen (secondary N) is 1. The number of para-hydroxylation sites is 1. The van der Waals surface area contributed by atoms with Crippen molar-refractivity contribution in [2.75, 3.05) is 11.9 Å². The van der Waals surface area contributed by atoms with Crippen LogP contribution in [0.3, 0.4) is 0 Å². The van der Waals surface area contributed by atoms with Gasteiger partial charge in [0.2, 0.25) is 11.8 Å². The van der Waals surface area contributed by atoms with E-state index in [2.05, 4.69) is 37.2 Å². The number of carbonyl (C=O) groups excluding carboxylic acids is 4. The van der Waals surface area contributed by atoms with Gasteiger partial charge in [0.1, 0.15) is 6.04 Å². The standard InChI is InChI=1S/C24H28Br2N2O5/c1-4-12-7-6-8-13(5-2)21(12)27-16(29)10-33-24(32)11(3)28-22(30)17-14-9-15(18(17)23(28)31)20(26)19(14)25/h6-8,11,14-15,17-20H,4-5,9-10H2,1-3H3,(H,27,29)/t11-,14+,15+,17+,18+,19-,20+/m0/s1. The minimum absolute atomic E-state index is 0.0752. The molecule has 2 bridgehead atoms. The van der Waals surface area contributed by atoms with Crippen LogP contribution in [0.2, 0.25) is 0 Å². The van der Waals surface area contributed by atoms with E-state index in [1.807, 2.05) is 32.0 Å². The lowest BCUT2D eigenvalue weighted by Gasteiger charge is -2.28. The maximum absolute atomic E-state index is 13.1. The molecule has 2 saturated carbocycles. The van der Waals surface area contributed by atoms with Crippen LogP contribution in [0.25, 0.3) is 0 Å². The van der Waals surface area contributed by atoms with Crippen molar-refractivity contribution in [2.45, 2.75) is 55.7 Å². The largest absolute Gasteiger partial charge is 0.454 e. The number of fused-ring (bicyclic) bond motifs is 5. The van der Waals surface area contributed by atoms with Gasteiger partial charge in [-0.25, -0.2) is 4.79 Å². The highest BCUT2D eigenvalue weighted by atomic mass is 79.9. The average molecular weight is 584 g/mol. The van der Waals surface area contributed by atoms with Crippen LogP contribution in [-0.2, 0) is 36.8 Å². The number of rotatable bonds is 7. The molecule has 3 fully saturated rings. The van der Waals surface area contributed by atoms with Crippen molar-refractivity contribution in [2.24, 2.45) is 23.7 Å². The van der Waals surface area contributed by atoms with E-state index in [0.29, 0.717) is 0 Å². The van der Waals surface area contributed by atoms with Gasteiger partial charge in [0, 0.05) is 15.3 Å². The summed E-state index contributed by atoms with van der Waals surface area (Å²) in [6, 6.07) is 4.79. The van der Waals surface area contributed by atoms with Gasteiger partial charge in [-0.15, -0.1) is 0 Å². The highest BCUT2D eigenvalue weighted by Crippen LogP contribution is 2.60. The van der Waals surface area contributed by atoms with E-state index in [9.17, 15) is 19.2 Å². The fourth-order valence-electron chi connectivity index (χ4n) is 5.69. The monoisotopic (exact) mass is 582 g/mol. The Labute approximate surface area is 210 Å². The molecular weight excluding hydrogens is 556 g/mol. The number of aryl methyl sites for hydroxylation is 2. The highest BCUT2D eigenvalue weighted by Gasteiger charge is 2.67. The van der Waals surface area contributed by atoms with E-state index in [4.69, 9.17) is 4.74 Å². The Bertz CT molecular complexity index is 945. The van der Waals surface area contributed by atoms with Gasteiger partial charge in [-0.3, -0.25) is 19.3 Å². The fraction of sp³-hybridized carbons (Fsp3) is 0.583. The number of hydrogen-bond donors (Lipinski definition) is 1. The number of hydrogen-bond acceptors (Lipinski definition) is 5. The second-order valence-electron chi connectivity index (χ2n) is 9.04. The van der Waals surface area contributed by atoms with Crippen molar-refractivity contribution in [1.29, 1.82) is 0 Å². The number of esters is 1. The molecule has 0 radical (unpaired) electrons. The summed E-state index contributed by atoms with van der Waals surface area (Å²) < 4.78 is 5.21. The predicted molar refractivity (Wildman–Crippen MR) is 130 cm³/mol. The van der Waals surface area contributed by atoms with Crippen molar-refractivity contribution in [3.8, 4) is 0 Å². The Morgan fingerprint density at radius 3 is 2.06 bits per heavy atom. The molecule has 33 heavy (non-hydrogen) atoms. The van der Waals surface area contributed by atoms with Crippen LogP contribution >= 0.6 is 31.9 Å². The third-order valence-corrected chi connectivity index (χ3v) is 10.6. The summed E-state index contributed by atoms with van der Waals surface area (Å²) in [5.41, 5.74) is 2.76. The van der Waals surface area contributed by atoms with E-state index < -0.39 is 36.4 Å². The molecular formula is C24H28Br2N2O5. The molecule has 0 unspecified atom stereocenters. The first-order valence-electron chi connectivity index (χ1n) is 11.4. The molecule has 0 spiro atoms. The lowest BCUT2D eigenvalue weighted by Crippen LogP contribution is -2.45. The molecule has 3 aliphatic rings. The zero-order valence-electron chi connectivity index (χ0n) is 18.8. The first-order valence-corrected chi connectivity index (χ1v) is 13.3. The molecule has 7 atom stereocenters. The molecule has 1 aromatic rings. The topological polar surface area (TPSA) is 92.8 Å². The Hall–Kier alpha value is -1.74. The maximum atomic E-state index is 13.1.